The van der Waals surface area contributed by atoms with Crippen molar-refractivity contribution in [2.45, 2.75) is 59.8 Å². The van der Waals surface area contributed by atoms with E-state index >= 15 is 0 Å². The van der Waals surface area contributed by atoms with Gasteiger partial charge in [-0.2, -0.15) is 0 Å². The molecule has 0 bridgehead atoms. The van der Waals surface area contributed by atoms with Crippen LogP contribution in [-0.2, 0) is 0 Å². The maximum Gasteiger partial charge on any atom is 0.346 e. The van der Waals surface area contributed by atoms with Crippen LogP contribution in [0.1, 0.15) is 79.9 Å². The van der Waals surface area contributed by atoms with Crippen LogP contribution in [0.15, 0.2) is 11.6 Å². The van der Waals surface area contributed by atoms with Crippen molar-refractivity contribution in [3.05, 3.63) is 27.0 Å². The Hall–Kier alpha value is -1.57. The molecule has 0 aromatic carbocycles. The molecule has 0 atom stereocenters. The van der Waals surface area contributed by atoms with Gasteiger partial charge in [0.2, 0.25) is 0 Å². The first-order valence-corrected chi connectivity index (χ1v) is 11.3. The van der Waals surface area contributed by atoms with Crippen molar-refractivity contribution < 1.29 is 9.90 Å². The van der Waals surface area contributed by atoms with E-state index in [0.29, 0.717) is 10.8 Å². The molecule has 1 aliphatic heterocycles. The monoisotopic (exact) mass is 399 g/mol. The van der Waals surface area contributed by atoms with Crippen LogP contribution in [-0.4, -0.2) is 36.1 Å². The lowest BCUT2D eigenvalue weighted by Crippen LogP contribution is -2.31. The second-order valence-electron chi connectivity index (χ2n) is 9.61. The van der Waals surface area contributed by atoms with Crippen molar-refractivity contribution in [1.29, 1.82) is 0 Å². The molecule has 28 heavy (non-hydrogen) atoms. The number of carboxylic acid groups (broad SMARTS) is 1. The second-order valence-corrected chi connectivity index (χ2v) is 10.7. The first-order chi connectivity index (χ1) is 13.1. The lowest BCUT2D eigenvalue weighted by molar-refractivity contribution is 0.0702. The maximum atomic E-state index is 12.0. The molecular weight excluding hydrogens is 366 g/mol. The summed E-state index contributed by atoms with van der Waals surface area (Å²) in [5.74, 6) is 7.06. The predicted octanol–water partition coefficient (Wildman–Crippen LogP) is 5.76. The number of nitrogens with zero attached hydrogens (tertiary/aromatic N) is 1. The van der Waals surface area contributed by atoms with Gasteiger partial charge >= 0.3 is 5.97 Å². The molecule has 1 aromatic heterocycles. The molecular formula is C24H33NO2S. The molecule has 1 aliphatic carbocycles. The maximum absolute atomic E-state index is 12.0. The van der Waals surface area contributed by atoms with E-state index in [1.807, 2.05) is 6.07 Å². The van der Waals surface area contributed by atoms with Crippen molar-refractivity contribution in [1.82, 2.24) is 4.90 Å². The van der Waals surface area contributed by atoms with Crippen LogP contribution in [0, 0.1) is 29.1 Å². The molecule has 1 saturated carbocycles. The Morgan fingerprint density at radius 1 is 1.25 bits per heavy atom. The Morgan fingerprint density at radius 3 is 2.54 bits per heavy atom. The van der Waals surface area contributed by atoms with Crippen molar-refractivity contribution in [3.63, 3.8) is 0 Å². The average molecular weight is 400 g/mol. The molecule has 0 radical (unpaired) electrons. The lowest BCUT2D eigenvalue weighted by atomic mass is 9.75. The smallest absolute Gasteiger partial charge is 0.346 e. The minimum absolute atomic E-state index is 0.0929. The van der Waals surface area contributed by atoms with Crippen LogP contribution in [0.2, 0.25) is 0 Å². The Bertz CT molecular complexity index is 823. The minimum Gasteiger partial charge on any atom is -0.477 e. The highest BCUT2D eigenvalue weighted by molar-refractivity contribution is 7.14. The van der Waals surface area contributed by atoms with Crippen LogP contribution in [0.5, 0.6) is 0 Å². The van der Waals surface area contributed by atoms with Gasteiger partial charge in [-0.05, 0) is 76.1 Å². The van der Waals surface area contributed by atoms with Gasteiger partial charge in [-0.1, -0.05) is 31.6 Å². The summed E-state index contributed by atoms with van der Waals surface area (Å²) in [7, 11) is 2.17. The van der Waals surface area contributed by atoms with Crippen molar-refractivity contribution >= 4 is 22.9 Å². The fourth-order valence-electron chi connectivity index (χ4n) is 4.30. The van der Waals surface area contributed by atoms with Crippen LogP contribution < -0.4 is 0 Å². The zero-order valence-corrected chi connectivity index (χ0v) is 18.7. The quantitative estimate of drug-likeness (QED) is 0.657. The summed E-state index contributed by atoms with van der Waals surface area (Å²) in [6.45, 7) is 10.5. The fraction of sp³-hybridized carbons (Fsp3) is 0.625. The summed E-state index contributed by atoms with van der Waals surface area (Å²) >= 11 is 1.33. The normalized spacial score (nSPS) is 24.0. The van der Waals surface area contributed by atoms with E-state index in [9.17, 15) is 9.90 Å². The number of hydrogen-bond acceptors (Lipinski definition) is 3. The Kier molecular flexibility index (Phi) is 6.37. The van der Waals surface area contributed by atoms with Crippen LogP contribution in [0.25, 0.3) is 5.57 Å². The van der Waals surface area contributed by atoms with Crippen LogP contribution in [0.3, 0.4) is 0 Å². The number of aromatic carboxylic acids is 1. The third-order valence-electron chi connectivity index (χ3n) is 5.89. The van der Waals surface area contributed by atoms with E-state index in [4.69, 9.17) is 0 Å². The lowest BCUT2D eigenvalue weighted by Gasteiger charge is -2.35. The average Bonchev–Trinajstić information content (AvgIpc) is 3.04. The zero-order chi connectivity index (χ0) is 20.5. The SMILES string of the molecule is CC1CCC(C2=C(c3cc(C#CC(C)(C)C)sc3C(=O)O)CCN(C)C2)CC1. The van der Waals surface area contributed by atoms with E-state index in [1.165, 1.54) is 48.2 Å². The summed E-state index contributed by atoms with van der Waals surface area (Å²) in [5, 5.41) is 9.85. The molecule has 2 heterocycles. The third kappa shape index (κ3) is 5.07. The number of carbonyl (C=O) groups is 1. The van der Waals surface area contributed by atoms with Gasteiger partial charge in [-0.25, -0.2) is 4.79 Å². The highest BCUT2D eigenvalue weighted by atomic mass is 32.1. The van der Waals surface area contributed by atoms with Gasteiger partial charge in [-0.3, -0.25) is 0 Å². The molecule has 152 valence electrons. The van der Waals surface area contributed by atoms with E-state index in [-0.39, 0.29) is 5.41 Å². The van der Waals surface area contributed by atoms with Gasteiger partial charge in [0.05, 0.1) is 4.88 Å². The number of likely N-dealkylation sites (N-methyl/N-ethyl adjacent to an activating group) is 1. The zero-order valence-electron chi connectivity index (χ0n) is 17.9. The largest absolute Gasteiger partial charge is 0.477 e. The van der Waals surface area contributed by atoms with Gasteiger partial charge < -0.3 is 10.0 Å². The van der Waals surface area contributed by atoms with E-state index in [0.717, 1.165) is 35.9 Å². The number of hydrogen-bond donors (Lipinski definition) is 1. The second kappa shape index (κ2) is 8.43. The minimum atomic E-state index is -0.827. The van der Waals surface area contributed by atoms with Crippen molar-refractivity contribution in [2.24, 2.45) is 17.3 Å². The highest BCUT2D eigenvalue weighted by Crippen LogP contribution is 2.41. The summed E-state index contributed by atoms with van der Waals surface area (Å²) in [6.07, 6.45) is 5.96. The van der Waals surface area contributed by atoms with Gasteiger partial charge in [0.25, 0.3) is 0 Å². The van der Waals surface area contributed by atoms with Crippen LogP contribution in [0.4, 0.5) is 0 Å². The molecule has 1 aromatic rings. The molecule has 0 saturated heterocycles. The third-order valence-corrected chi connectivity index (χ3v) is 6.93. The standard InChI is InChI=1S/C24H33NO2S/c1-16-6-8-17(9-7-16)21-15-25(5)13-11-19(21)20-14-18(10-12-24(2,3)4)28-22(20)23(26)27/h14,16-17H,6-9,11,13,15H2,1-5H3,(H,26,27). The molecule has 0 amide bonds. The summed E-state index contributed by atoms with van der Waals surface area (Å²) in [6, 6.07) is 2.04. The Labute approximate surface area is 173 Å². The van der Waals surface area contributed by atoms with Crippen molar-refractivity contribution in [3.8, 4) is 11.8 Å². The van der Waals surface area contributed by atoms with E-state index < -0.39 is 5.97 Å². The molecule has 1 fully saturated rings. The molecule has 0 spiro atoms. The molecule has 3 rings (SSSR count). The van der Waals surface area contributed by atoms with Gasteiger partial charge in [0, 0.05) is 24.1 Å². The summed E-state index contributed by atoms with van der Waals surface area (Å²) in [4.78, 5) is 15.7. The highest BCUT2D eigenvalue weighted by Gasteiger charge is 2.30. The molecule has 4 heteroatoms. The van der Waals surface area contributed by atoms with E-state index in [2.05, 4.69) is 51.5 Å². The van der Waals surface area contributed by atoms with Gasteiger partial charge in [0.1, 0.15) is 4.88 Å². The first-order valence-electron chi connectivity index (χ1n) is 10.4. The number of rotatable bonds is 3. The topological polar surface area (TPSA) is 40.5 Å². The Balaban J connectivity index is 2.04. The number of carboxylic acids is 1. The number of thiophene rings is 1. The molecule has 0 unspecified atom stereocenters. The molecule has 2 aliphatic rings. The predicted molar refractivity (Wildman–Crippen MR) is 118 cm³/mol. The summed E-state index contributed by atoms with van der Waals surface area (Å²) in [5.41, 5.74) is 3.61. The van der Waals surface area contributed by atoms with Gasteiger partial charge in [-0.15, -0.1) is 11.3 Å². The fourth-order valence-corrected chi connectivity index (χ4v) is 5.18. The molecule has 3 nitrogen and oxygen atoms in total. The van der Waals surface area contributed by atoms with E-state index in [1.54, 1.807) is 0 Å². The Morgan fingerprint density at radius 2 is 1.93 bits per heavy atom. The summed E-state index contributed by atoms with van der Waals surface area (Å²) < 4.78 is 0. The van der Waals surface area contributed by atoms with Gasteiger partial charge in [0.15, 0.2) is 0 Å². The molecule has 1 N–H and O–H groups in total. The van der Waals surface area contributed by atoms with Crippen molar-refractivity contribution in [2.75, 3.05) is 20.1 Å². The first kappa shape index (κ1) is 21.1. The van der Waals surface area contributed by atoms with Crippen LogP contribution >= 0.6 is 11.3 Å².